The highest BCUT2D eigenvalue weighted by atomic mass is 32.2. The number of nitrogens with zero attached hydrogens (tertiary/aromatic N) is 1. The van der Waals surface area contributed by atoms with Gasteiger partial charge < -0.3 is 5.32 Å². The maximum absolute atomic E-state index is 11.3. The fourth-order valence-corrected chi connectivity index (χ4v) is 3.17. The van der Waals surface area contributed by atoms with Crippen LogP contribution in [0.2, 0.25) is 0 Å². The van der Waals surface area contributed by atoms with E-state index in [4.69, 9.17) is 0 Å². The first-order valence-electron chi connectivity index (χ1n) is 4.17. The molecule has 0 saturated carbocycles. The lowest BCUT2D eigenvalue weighted by Crippen LogP contribution is -2.39. The Morgan fingerprint density at radius 2 is 2.17 bits per heavy atom. The zero-order valence-electron chi connectivity index (χ0n) is 6.78. The summed E-state index contributed by atoms with van der Waals surface area (Å²) in [6.07, 6.45) is 0.931. The lowest BCUT2D eigenvalue weighted by Gasteiger charge is -2.19. The topological polar surface area (TPSA) is 61.4 Å². The van der Waals surface area contributed by atoms with Gasteiger partial charge in [-0.05, 0) is 13.0 Å². The normalized spacial score (nSPS) is 35.8. The van der Waals surface area contributed by atoms with Crippen molar-refractivity contribution in [3.05, 3.63) is 0 Å². The van der Waals surface area contributed by atoms with E-state index in [-0.39, 0.29) is 6.04 Å². The van der Waals surface area contributed by atoms with Crippen LogP contribution in [-0.4, -0.2) is 44.9 Å². The highest BCUT2D eigenvalue weighted by molar-refractivity contribution is 7.87. The van der Waals surface area contributed by atoms with Gasteiger partial charge in [0.2, 0.25) is 0 Å². The van der Waals surface area contributed by atoms with Crippen LogP contribution in [0.5, 0.6) is 0 Å². The molecule has 2 rings (SSSR count). The number of rotatable bonds is 1. The summed E-state index contributed by atoms with van der Waals surface area (Å²) in [5.74, 6) is 0. The first kappa shape index (κ1) is 8.43. The van der Waals surface area contributed by atoms with E-state index in [0.717, 1.165) is 19.5 Å². The molecule has 0 aromatic heterocycles. The van der Waals surface area contributed by atoms with Crippen LogP contribution in [-0.2, 0) is 10.2 Å². The summed E-state index contributed by atoms with van der Waals surface area (Å²) in [4.78, 5) is 0. The molecule has 2 fully saturated rings. The first-order chi connectivity index (χ1) is 5.70. The third-order valence-corrected chi connectivity index (χ3v) is 4.03. The van der Waals surface area contributed by atoms with Crippen molar-refractivity contribution >= 4 is 10.2 Å². The van der Waals surface area contributed by atoms with E-state index in [2.05, 4.69) is 10.0 Å². The van der Waals surface area contributed by atoms with Crippen LogP contribution in [0.4, 0.5) is 0 Å². The molecule has 2 heterocycles. The molecule has 0 aromatic carbocycles. The van der Waals surface area contributed by atoms with Crippen molar-refractivity contribution in [2.75, 3.05) is 26.2 Å². The minimum absolute atomic E-state index is 0.171. The van der Waals surface area contributed by atoms with Crippen LogP contribution in [0.3, 0.4) is 0 Å². The summed E-state index contributed by atoms with van der Waals surface area (Å²) >= 11 is 0. The molecule has 0 radical (unpaired) electrons. The van der Waals surface area contributed by atoms with Gasteiger partial charge in [0.1, 0.15) is 0 Å². The molecule has 2 aliphatic rings. The average molecular weight is 191 g/mol. The van der Waals surface area contributed by atoms with E-state index in [0.29, 0.717) is 13.1 Å². The maximum atomic E-state index is 11.3. The van der Waals surface area contributed by atoms with E-state index in [1.54, 1.807) is 4.31 Å². The zero-order chi connectivity index (χ0) is 8.60. The summed E-state index contributed by atoms with van der Waals surface area (Å²) in [7, 11) is -3.13. The Hall–Kier alpha value is -0.170. The van der Waals surface area contributed by atoms with E-state index in [1.807, 2.05) is 0 Å². The van der Waals surface area contributed by atoms with E-state index in [1.165, 1.54) is 0 Å². The molecule has 2 aliphatic heterocycles. The van der Waals surface area contributed by atoms with Gasteiger partial charge in [0.25, 0.3) is 10.2 Å². The van der Waals surface area contributed by atoms with Gasteiger partial charge >= 0.3 is 0 Å². The zero-order valence-corrected chi connectivity index (χ0v) is 7.60. The summed E-state index contributed by atoms with van der Waals surface area (Å²) in [6, 6.07) is 0.171. The summed E-state index contributed by atoms with van der Waals surface area (Å²) in [5.41, 5.74) is 0. The van der Waals surface area contributed by atoms with E-state index < -0.39 is 10.2 Å². The second-order valence-electron chi connectivity index (χ2n) is 3.16. The van der Waals surface area contributed by atoms with Crippen LogP contribution in [0.15, 0.2) is 0 Å². The number of hydrogen-bond donors (Lipinski definition) is 2. The van der Waals surface area contributed by atoms with Gasteiger partial charge in [-0.15, -0.1) is 0 Å². The Balaban J connectivity index is 2.12. The Morgan fingerprint density at radius 3 is 2.67 bits per heavy atom. The van der Waals surface area contributed by atoms with Gasteiger partial charge in [-0.1, -0.05) is 0 Å². The average Bonchev–Trinajstić information content (AvgIpc) is 2.55. The predicted molar refractivity (Wildman–Crippen MR) is 44.9 cm³/mol. The Kier molecular flexibility index (Phi) is 2.07. The molecule has 2 saturated heterocycles. The van der Waals surface area contributed by atoms with Crippen molar-refractivity contribution in [1.29, 1.82) is 0 Å². The molecule has 0 bridgehead atoms. The number of hydrogen-bond acceptors (Lipinski definition) is 3. The van der Waals surface area contributed by atoms with E-state index >= 15 is 0 Å². The van der Waals surface area contributed by atoms with E-state index in [9.17, 15) is 8.42 Å². The second-order valence-corrected chi connectivity index (χ2v) is 4.86. The maximum Gasteiger partial charge on any atom is 0.279 e. The fraction of sp³-hybridized carbons (Fsp3) is 1.00. The van der Waals surface area contributed by atoms with Gasteiger partial charge in [-0.25, -0.2) is 4.72 Å². The molecule has 0 spiro atoms. The third kappa shape index (κ3) is 1.35. The van der Waals surface area contributed by atoms with Gasteiger partial charge in [0, 0.05) is 25.7 Å². The van der Waals surface area contributed by atoms with Crippen LogP contribution in [0.1, 0.15) is 6.42 Å². The molecule has 0 unspecified atom stereocenters. The molecule has 70 valence electrons. The Morgan fingerprint density at radius 1 is 1.33 bits per heavy atom. The monoisotopic (exact) mass is 191 g/mol. The molecule has 5 nitrogen and oxygen atoms in total. The van der Waals surface area contributed by atoms with Gasteiger partial charge in [0.15, 0.2) is 0 Å². The molecular formula is C6H13N3O2S. The molecule has 0 aliphatic carbocycles. The molecule has 6 heteroatoms. The van der Waals surface area contributed by atoms with Crippen molar-refractivity contribution in [2.24, 2.45) is 0 Å². The first-order valence-corrected chi connectivity index (χ1v) is 5.61. The largest absolute Gasteiger partial charge is 0.315 e. The summed E-state index contributed by atoms with van der Waals surface area (Å²) in [6.45, 7) is 2.89. The van der Waals surface area contributed by atoms with Crippen molar-refractivity contribution in [3.8, 4) is 0 Å². The fourth-order valence-electron chi connectivity index (χ4n) is 1.75. The lowest BCUT2D eigenvalue weighted by molar-refractivity contribution is 0.365. The van der Waals surface area contributed by atoms with Gasteiger partial charge in [-0.2, -0.15) is 12.7 Å². The molecule has 0 amide bonds. The number of nitrogens with one attached hydrogen (secondary N) is 2. The highest BCUT2D eigenvalue weighted by Gasteiger charge is 2.35. The van der Waals surface area contributed by atoms with Crippen LogP contribution in [0.25, 0.3) is 0 Å². The predicted octanol–water partition coefficient (Wildman–Crippen LogP) is -1.50. The molecule has 0 aromatic rings. The van der Waals surface area contributed by atoms with Crippen molar-refractivity contribution in [1.82, 2.24) is 14.3 Å². The molecular weight excluding hydrogens is 178 g/mol. The minimum Gasteiger partial charge on any atom is -0.315 e. The molecule has 1 atom stereocenters. The molecule has 12 heavy (non-hydrogen) atoms. The third-order valence-electron chi connectivity index (χ3n) is 2.37. The second kappa shape index (κ2) is 2.95. The summed E-state index contributed by atoms with van der Waals surface area (Å²) in [5, 5.41) is 3.15. The van der Waals surface area contributed by atoms with Gasteiger partial charge in [0.05, 0.1) is 0 Å². The van der Waals surface area contributed by atoms with Crippen molar-refractivity contribution in [2.45, 2.75) is 12.5 Å². The van der Waals surface area contributed by atoms with Crippen LogP contribution < -0.4 is 10.0 Å². The smallest absolute Gasteiger partial charge is 0.279 e. The SMILES string of the molecule is O=S1(=O)NCCN1[C@@H]1CCNC1. The highest BCUT2D eigenvalue weighted by Crippen LogP contribution is 2.14. The van der Waals surface area contributed by atoms with Crippen LogP contribution in [0, 0.1) is 0 Å². The summed E-state index contributed by atoms with van der Waals surface area (Å²) < 4.78 is 26.7. The minimum atomic E-state index is -3.13. The van der Waals surface area contributed by atoms with Crippen LogP contribution >= 0.6 is 0 Å². The molecule has 2 N–H and O–H groups in total. The lowest BCUT2D eigenvalue weighted by atomic mass is 10.2. The standard InChI is InChI=1S/C6H13N3O2S/c10-12(11)8-3-4-9(12)6-1-2-7-5-6/h6-8H,1-5H2/t6-/m1/s1. The Labute approximate surface area is 72.3 Å². The van der Waals surface area contributed by atoms with Crippen molar-refractivity contribution in [3.63, 3.8) is 0 Å². The van der Waals surface area contributed by atoms with Gasteiger partial charge in [-0.3, -0.25) is 0 Å². The van der Waals surface area contributed by atoms with Crippen molar-refractivity contribution < 1.29 is 8.42 Å². The Bertz CT molecular complexity index is 258. The quantitative estimate of drug-likeness (QED) is 0.530.